The van der Waals surface area contributed by atoms with Gasteiger partial charge in [-0.2, -0.15) is 0 Å². The Labute approximate surface area is 89.6 Å². The fraction of sp³-hybridized carbons (Fsp3) is 0.455. The van der Waals surface area contributed by atoms with Crippen molar-refractivity contribution in [3.05, 3.63) is 24.0 Å². The lowest BCUT2D eigenvalue weighted by atomic mass is 10.2. The average molecular weight is 212 g/mol. The molecule has 0 rings (SSSR count). The Morgan fingerprint density at radius 3 is 2.33 bits per heavy atom. The summed E-state index contributed by atoms with van der Waals surface area (Å²) in [7, 11) is 1.28. The zero-order valence-corrected chi connectivity index (χ0v) is 9.33. The molecule has 0 aliphatic rings. The van der Waals surface area contributed by atoms with E-state index in [9.17, 15) is 9.59 Å². The van der Waals surface area contributed by atoms with Crippen LogP contribution >= 0.6 is 0 Å². The van der Waals surface area contributed by atoms with Crippen LogP contribution in [0.3, 0.4) is 0 Å². The lowest BCUT2D eigenvalue weighted by molar-refractivity contribution is -0.136. The number of hydrogen-bond donors (Lipinski definition) is 0. The first-order valence-electron chi connectivity index (χ1n) is 4.66. The molecule has 0 saturated carbocycles. The van der Waals surface area contributed by atoms with Gasteiger partial charge < -0.3 is 9.47 Å². The van der Waals surface area contributed by atoms with Gasteiger partial charge in [0.1, 0.15) is 6.26 Å². The summed E-state index contributed by atoms with van der Waals surface area (Å²) < 4.78 is 9.28. The Balaban J connectivity index is 4.48. The van der Waals surface area contributed by atoms with Gasteiger partial charge in [0.15, 0.2) is 0 Å². The van der Waals surface area contributed by atoms with Crippen LogP contribution < -0.4 is 0 Å². The van der Waals surface area contributed by atoms with E-state index in [0.29, 0.717) is 12.0 Å². The molecule has 0 amide bonds. The molecule has 15 heavy (non-hydrogen) atoms. The maximum atomic E-state index is 11.2. The highest BCUT2D eigenvalue weighted by Gasteiger charge is 2.10. The molecule has 0 bridgehead atoms. The summed E-state index contributed by atoms with van der Waals surface area (Å²) in [4.78, 5) is 22.2. The number of methoxy groups -OCH3 is 1. The summed E-state index contributed by atoms with van der Waals surface area (Å²) in [5.41, 5.74) is 0.626. The lowest BCUT2D eigenvalue weighted by Gasteiger charge is -2.03. The molecule has 0 N–H and O–H groups in total. The topological polar surface area (TPSA) is 52.6 Å². The average Bonchev–Trinajstić information content (AvgIpc) is 2.22. The van der Waals surface area contributed by atoms with E-state index < -0.39 is 11.9 Å². The number of esters is 2. The minimum atomic E-state index is -0.549. The Kier molecular flexibility index (Phi) is 6.09. The zero-order chi connectivity index (χ0) is 11.8. The normalized spacial score (nSPS) is 10.7. The molecule has 0 aliphatic carbocycles. The first-order valence-corrected chi connectivity index (χ1v) is 4.66. The second kappa shape index (κ2) is 6.81. The van der Waals surface area contributed by atoms with Gasteiger partial charge in [-0.25, -0.2) is 9.59 Å². The SMILES string of the molecule is C=C(C)C(=O)O/C=C(\CCC)C(=O)OC. The molecule has 0 saturated heterocycles. The van der Waals surface area contributed by atoms with Crippen LogP contribution in [0, 0.1) is 0 Å². The van der Waals surface area contributed by atoms with Crippen LogP contribution in [0.2, 0.25) is 0 Å². The van der Waals surface area contributed by atoms with Gasteiger partial charge in [-0.15, -0.1) is 0 Å². The third-order valence-electron chi connectivity index (χ3n) is 1.62. The predicted octanol–water partition coefficient (Wildman–Crippen LogP) is 1.96. The minimum Gasteiger partial charge on any atom is -0.466 e. The van der Waals surface area contributed by atoms with E-state index >= 15 is 0 Å². The van der Waals surface area contributed by atoms with Crippen LogP contribution in [-0.2, 0) is 19.1 Å². The summed E-state index contributed by atoms with van der Waals surface area (Å²) in [5.74, 6) is -1.03. The largest absolute Gasteiger partial charge is 0.466 e. The highest BCUT2D eigenvalue weighted by Crippen LogP contribution is 2.07. The van der Waals surface area contributed by atoms with E-state index in [4.69, 9.17) is 4.74 Å². The van der Waals surface area contributed by atoms with Crippen molar-refractivity contribution in [3.8, 4) is 0 Å². The molecule has 0 heterocycles. The van der Waals surface area contributed by atoms with E-state index in [2.05, 4.69) is 11.3 Å². The van der Waals surface area contributed by atoms with Gasteiger partial charge in [0, 0.05) is 5.57 Å². The molecule has 4 nitrogen and oxygen atoms in total. The molecule has 0 unspecified atom stereocenters. The molecule has 0 aromatic rings. The van der Waals surface area contributed by atoms with Crippen molar-refractivity contribution in [2.75, 3.05) is 7.11 Å². The summed E-state index contributed by atoms with van der Waals surface area (Å²) in [5, 5.41) is 0. The minimum absolute atomic E-state index is 0.284. The smallest absolute Gasteiger partial charge is 0.337 e. The van der Waals surface area contributed by atoms with E-state index in [1.165, 1.54) is 14.0 Å². The van der Waals surface area contributed by atoms with E-state index in [-0.39, 0.29) is 5.57 Å². The second-order valence-corrected chi connectivity index (χ2v) is 3.07. The summed E-state index contributed by atoms with van der Waals surface area (Å²) >= 11 is 0. The van der Waals surface area contributed by atoms with Gasteiger partial charge in [-0.3, -0.25) is 0 Å². The third kappa shape index (κ3) is 5.00. The Morgan fingerprint density at radius 2 is 1.93 bits per heavy atom. The van der Waals surface area contributed by atoms with Crippen molar-refractivity contribution in [3.63, 3.8) is 0 Å². The first kappa shape index (κ1) is 13.4. The number of carbonyl (C=O) groups excluding carboxylic acids is 2. The Morgan fingerprint density at radius 1 is 1.33 bits per heavy atom. The molecule has 0 spiro atoms. The van der Waals surface area contributed by atoms with Crippen molar-refractivity contribution in [1.82, 2.24) is 0 Å². The van der Waals surface area contributed by atoms with Crippen LogP contribution in [0.15, 0.2) is 24.0 Å². The lowest BCUT2D eigenvalue weighted by Crippen LogP contribution is -2.07. The molecule has 0 fully saturated rings. The van der Waals surface area contributed by atoms with Gasteiger partial charge in [0.05, 0.1) is 12.7 Å². The van der Waals surface area contributed by atoms with E-state index in [0.717, 1.165) is 12.7 Å². The molecular weight excluding hydrogens is 196 g/mol. The summed E-state index contributed by atoms with van der Waals surface area (Å²) in [6.07, 6.45) is 2.41. The quantitative estimate of drug-likeness (QED) is 0.397. The van der Waals surface area contributed by atoms with Crippen LogP contribution in [0.5, 0.6) is 0 Å². The van der Waals surface area contributed by atoms with Crippen LogP contribution in [-0.4, -0.2) is 19.0 Å². The van der Waals surface area contributed by atoms with Gasteiger partial charge in [0.2, 0.25) is 0 Å². The van der Waals surface area contributed by atoms with Crippen molar-refractivity contribution in [2.45, 2.75) is 26.7 Å². The van der Waals surface area contributed by atoms with Crippen LogP contribution in [0.1, 0.15) is 26.7 Å². The fourth-order valence-corrected chi connectivity index (χ4v) is 0.835. The maximum absolute atomic E-state index is 11.2. The monoisotopic (exact) mass is 212 g/mol. The standard InChI is InChI=1S/C11H16O4/c1-5-6-9(11(13)14-4)7-15-10(12)8(2)3/h7H,2,5-6H2,1,3-4H3/b9-7+. The van der Waals surface area contributed by atoms with Crippen molar-refractivity contribution >= 4 is 11.9 Å². The molecule has 0 aromatic heterocycles. The van der Waals surface area contributed by atoms with E-state index in [1.54, 1.807) is 0 Å². The molecule has 0 aromatic carbocycles. The van der Waals surface area contributed by atoms with Crippen LogP contribution in [0.4, 0.5) is 0 Å². The van der Waals surface area contributed by atoms with Crippen molar-refractivity contribution in [1.29, 1.82) is 0 Å². The predicted molar refractivity (Wildman–Crippen MR) is 55.9 cm³/mol. The highest BCUT2D eigenvalue weighted by atomic mass is 16.5. The third-order valence-corrected chi connectivity index (χ3v) is 1.62. The number of ether oxygens (including phenoxy) is 2. The zero-order valence-electron chi connectivity index (χ0n) is 9.33. The van der Waals surface area contributed by atoms with Crippen LogP contribution in [0.25, 0.3) is 0 Å². The Hall–Kier alpha value is -1.58. The van der Waals surface area contributed by atoms with E-state index in [1.807, 2.05) is 6.92 Å². The highest BCUT2D eigenvalue weighted by molar-refractivity contribution is 5.90. The molecule has 0 aliphatic heterocycles. The summed E-state index contributed by atoms with van der Waals surface area (Å²) in [6.45, 7) is 6.87. The summed E-state index contributed by atoms with van der Waals surface area (Å²) in [6, 6.07) is 0. The fourth-order valence-electron chi connectivity index (χ4n) is 0.835. The van der Waals surface area contributed by atoms with Crippen molar-refractivity contribution < 1.29 is 19.1 Å². The second-order valence-electron chi connectivity index (χ2n) is 3.07. The van der Waals surface area contributed by atoms with Gasteiger partial charge in [-0.1, -0.05) is 19.9 Å². The van der Waals surface area contributed by atoms with Gasteiger partial charge in [0.25, 0.3) is 0 Å². The molecule has 84 valence electrons. The molecular formula is C11H16O4. The van der Waals surface area contributed by atoms with Crippen molar-refractivity contribution in [2.24, 2.45) is 0 Å². The molecule has 0 atom stereocenters. The van der Waals surface area contributed by atoms with Gasteiger partial charge >= 0.3 is 11.9 Å². The first-order chi connectivity index (χ1) is 7.02. The number of carbonyl (C=O) groups is 2. The maximum Gasteiger partial charge on any atom is 0.337 e. The van der Waals surface area contributed by atoms with Gasteiger partial charge in [-0.05, 0) is 13.3 Å². The molecule has 0 radical (unpaired) electrons. The number of rotatable bonds is 5. The Bertz CT molecular complexity index is 289. The number of hydrogen-bond acceptors (Lipinski definition) is 4. The molecule has 4 heteroatoms.